The lowest BCUT2D eigenvalue weighted by molar-refractivity contribution is -0.111. The van der Waals surface area contributed by atoms with Gasteiger partial charge >= 0.3 is 0 Å². The first-order chi connectivity index (χ1) is 9.83. The van der Waals surface area contributed by atoms with E-state index in [2.05, 4.69) is 21.9 Å². The number of carbonyl (C=O) groups is 1. The Kier molecular flexibility index (Phi) is 4.52. The van der Waals surface area contributed by atoms with Crippen molar-refractivity contribution in [3.63, 3.8) is 0 Å². The summed E-state index contributed by atoms with van der Waals surface area (Å²) >= 11 is 5.79. The Bertz CT molecular complexity index is 749. The molecule has 1 aromatic carbocycles. The average molecular weight is 331 g/mol. The van der Waals surface area contributed by atoms with E-state index in [4.69, 9.17) is 11.6 Å². The first-order valence-corrected chi connectivity index (χ1v) is 7.94. The summed E-state index contributed by atoms with van der Waals surface area (Å²) in [5.41, 5.74) is -0.289. The normalized spacial score (nSPS) is 14.2. The van der Waals surface area contributed by atoms with E-state index in [0.717, 1.165) is 25.0 Å². The number of benzene rings is 1. The SMILES string of the molecule is CC#CC(=O)Nc1cc(S(=O)(=O)NC2CC2)c(Cl)cc1F. The minimum Gasteiger partial charge on any atom is -0.313 e. The van der Waals surface area contributed by atoms with E-state index in [-0.39, 0.29) is 21.6 Å². The van der Waals surface area contributed by atoms with Gasteiger partial charge in [-0.2, -0.15) is 0 Å². The standard InChI is InChI=1S/C13H12ClFN2O3S/c1-2-3-13(18)16-11-7-12(9(14)6-10(11)15)21(19,20)17-8-4-5-8/h6-8,17H,4-5H2,1H3,(H,16,18). The molecule has 0 unspecified atom stereocenters. The molecule has 1 aromatic rings. The molecule has 2 rings (SSSR count). The highest BCUT2D eigenvalue weighted by atomic mass is 35.5. The molecule has 1 saturated carbocycles. The van der Waals surface area contributed by atoms with Crippen molar-refractivity contribution in [3.8, 4) is 11.8 Å². The summed E-state index contributed by atoms with van der Waals surface area (Å²) in [6.07, 6.45) is 1.52. The molecule has 0 bridgehead atoms. The fourth-order valence-electron chi connectivity index (χ4n) is 1.58. The second-order valence-electron chi connectivity index (χ2n) is 4.49. The quantitative estimate of drug-likeness (QED) is 0.828. The van der Waals surface area contributed by atoms with Gasteiger partial charge in [-0.05, 0) is 37.8 Å². The molecule has 1 amide bonds. The number of hydrogen-bond donors (Lipinski definition) is 2. The summed E-state index contributed by atoms with van der Waals surface area (Å²) in [7, 11) is -3.85. The van der Waals surface area contributed by atoms with Crippen LogP contribution in [-0.4, -0.2) is 20.4 Å². The zero-order valence-corrected chi connectivity index (χ0v) is 12.6. The van der Waals surface area contributed by atoms with Crippen molar-refractivity contribution in [2.24, 2.45) is 0 Å². The molecule has 21 heavy (non-hydrogen) atoms. The van der Waals surface area contributed by atoms with Crippen molar-refractivity contribution >= 4 is 33.2 Å². The summed E-state index contributed by atoms with van der Waals surface area (Å²) < 4.78 is 40.4. The molecule has 8 heteroatoms. The number of carbonyl (C=O) groups excluding carboxylic acids is 1. The molecular formula is C13H12ClFN2O3S. The fourth-order valence-corrected chi connectivity index (χ4v) is 3.43. The topological polar surface area (TPSA) is 75.3 Å². The lowest BCUT2D eigenvalue weighted by atomic mass is 10.3. The Labute approximate surface area is 126 Å². The highest BCUT2D eigenvalue weighted by Gasteiger charge is 2.30. The van der Waals surface area contributed by atoms with Crippen LogP contribution in [0.4, 0.5) is 10.1 Å². The van der Waals surface area contributed by atoms with Gasteiger partial charge in [0.05, 0.1) is 10.7 Å². The number of amides is 1. The monoisotopic (exact) mass is 330 g/mol. The van der Waals surface area contributed by atoms with Gasteiger partial charge in [-0.25, -0.2) is 17.5 Å². The fraction of sp³-hybridized carbons (Fsp3) is 0.308. The molecule has 0 atom stereocenters. The number of halogens is 2. The van der Waals surface area contributed by atoms with Crippen molar-refractivity contribution in [1.29, 1.82) is 0 Å². The second-order valence-corrected chi connectivity index (χ2v) is 6.58. The molecule has 1 aliphatic carbocycles. The molecule has 112 valence electrons. The number of sulfonamides is 1. The number of anilines is 1. The van der Waals surface area contributed by atoms with Crippen molar-refractivity contribution in [2.45, 2.75) is 30.7 Å². The van der Waals surface area contributed by atoms with Gasteiger partial charge in [-0.1, -0.05) is 17.5 Å². The van der Waals surface area contributed by atoms with Crippen molar-refractivity contribution in [1.82, 2.24) is 4.72 Å². The van der Waals surface area contributed by atoms with Crippen LogP contribution in [0.3, 0.4) is 0 Å². The summed E-state index contributed by atoms with van der Waals surface area (Å²) in [6.45, 7) is 1.45. The molecule has 0 heterocycles. The van der Waals surface area contributed by atoms with E-state index < -0.39 is 21.7 Å². The lowest BCUT2D eigenvalue weighted by Crippen LogP contribution is -2.26. The molecule has 0 saturated heterocycles. The molecule has 5 nitrogen and oxygen atoms in total. The van der Waals surface area contributed by atoms with Gasteiger partial charge in [0.15, 0.2) is 0 Å². The molecule has 1 fully saturated rings. The molecule has 0 aliphatic heterocycles. The predicted molar refractivity (Wildman–Crippen MR) is 76.8 cm³/mol. The third kappa shape index (κ3) is 3.94. The van der Waals surface area contributed by atoms with Crippen LogP contribution in [0.25, 0.3) is 0 Å². The van der Waals surface area contributed by atoms with Gasteiger partial charge in [0.25, 0.3) is 5.91 Å². The van der Waals surface area contributed by atoms with Crippen LogP contribution >= 0.6 is 11.6 Å². The molecule has 0 radical (unpaired) electrons. The Morgan fingerprint density at radius 1 is 1.43 bits per heavy atom. The highest BCUT2D eigenvalue weighted by molar-refractivity contribution is 7.89. The van der Waals surface area contributed by atoms with E-state index in [9.17, 15) is 17.6 Å². The third-order valence-electron chi connectivity index (χ3n) is 2.70. The predicted octanol–water partition coefficient (Wildman–Crippen LogP) is 1.88. The minimum absolute atomic E-state index is 0.111. The van der Waals surface area contributed by atoms with E-state index in [1.54, 1.807) is 0 Å². The molecule has 2 N–H and O–H groups in total. The summed E-state index contributed by atoms with van der Waals surface area (Å²) in [5.74, 6) is 2.95. The average Bonchev–Trinajstić information content (AvgIpc) is 3.15. The van der Waals surface area contributed by atoms with Gasteiger partial charge in [0.2, 0.25) is 10.0 Å². The maximum atomic E-state index is 13.7. The Morgan fingerprint density at radius 2 is 2.10 bits per heavy atom. The van der Waals surface area contributed by atoms with Crippen LogP contribution in [0.1, 0.15) is 19.8 Å². The minimum atomic E-state index is -3.85. The largest absolute Gasteiger partial charge is 0.313 e. The first kappa shape index (κ1) is 15.8. The van der Waals surface area contributed by atoms with Crippen molar-refractivity contribution < 1.29 is 17.6 Å². The summed E-state index contributed by atoms with van der Waals surface area (Å²) in [5, 5.41) is 1.93. The molecule has 0 spiro atoms. The van der Waals surface area contributed by atoms with Crippen molar-refractivity contribution in [2.75, 3.05) is 5.32 Å². The van der Waals surface area contributed by atoms with Gasteiger partial charge in [-0.15, -0.1) is 0 Å². The smallest absolute Gasteiger partial charge is 0.300 e. The Balaban J connectivity index is 2.37. The van der Waals surface area contributed by atoms with E-state index in [0.29, 0.717) is 0 Å². The van der Waals surface area contributed by atoms with Crippen LogP contribution < -0.4 is 10.0 Å². The number of hydrogen-bond acceptors (Lipinski definition) is 3. The zero-order chi connectivity index (χ0) is 15.6. The van der Waals surface area contributed by atoms with Crippen molar-refractivity contribution in [3.05, 3.63) is 23.0 Å². The summed E-state index contributed by atoms with van der Waals surface area (Å²) in [6, 6.07) is 1.72. The van der Waals surface area contributed by atoms with Gasteiger partial charge in [0.1, 0.15) is 10.7 Å². The maximum Gasteiger partial charge on any atom is 0.300 e. The van der Waals surface area contributed by atoms with Crippen LogP contribution in [-0.2, 0) is 14.8 Å². The van der Waals surface area contributed by atoms with E-state index >= 15 is 0 Å². The van der Waals surface area contributed by atoms with Crippen LogP contribution in [0.2, 0.25) is 5.02 Å². The number of rotatable bonds is 4. The Hall–Kier alpha value is -1.62. The maximum absolute atomic E-state index is 13.7. The van der Waals surface area contributed by atoms with Crippen LogP contribution in [0, 0.1) is 17.7 Å². The van der Waals surface area contributed by atoms with Gasteiger partial charge < -0.3 is 5.32 Å². The second kappa shape index (κ2) is 6.02. The van der Waals surface area contributed by atoms with Crippen LogP contribution in [0.5, 0.6) is 0 Å². The van der Waals surface area contributed by atoms with Gasteiger partial charge in [-0.3, -0.25) is 4.79 Å². The first-order valence-electron chi connectivity index (χ1n) is 6.08. The molecule has 1 aliphatic rings. The zero-order valence-electron chi connectivity index (χ0n) is 11.0. The van der Waals surface area contributed by atoms with E-state index in [1.165, 1.54) is 6.92 Å². The number of nitrogens with one attached hydrogen (secondary N) is 2. The summed E-state index contributed by atoms with van der Waals surface area (Å²) in [4.78, 5) is 11.1. The van der Waals surface area contributed by atoms with Gasteiger partial charge in [0, 0.05) is 6.04 Å². The molecule has 0 aromatic heterocycles. The highest BCUT2D eigenvalue weighted by Crippen LogP contribution is 2.30. The third-order valence-corrected chi connectivity index (χ3v) is 4.68. The lowest BCUT2D eigenvalue weighted by Gasteiger charge is -2.10. The molecular weight excluding hydrogens is 319 g/mol. The Morgan fingerprint density at radius 3 is 2.67 bits per heavy atom. The van der Waals surface area contributed by atoms with E-state index in [1.807, 2.05) is 0 Å². The van der Waals surface area contributed by atoms with Crippen LogP contribution in [0.15, 0.2) is 17.0 Å².